The molecule has 3 heterocycles. The highest BCUT2D eigenvalue weighted by Crippen LogP contribution is 2.20. The van der Waals surface area contributed by atoms with Crippen LogP contribution in [-0.4, -0.2) is 51.7 Å². The van der Waals surface area contributed by atoms with Crippen LogP contribution in [0.1, 0.15) is 65.5 Å². The highest BCUT2D eigenvalue weighted by atomic mass is 16.5. The van der Waals surface area contributed by atoms with Crippen molar-refractivity contribution in [3.63, 3.8) is 0 Å². The predicted molar refractivity (Wildman–Crippen MR) is 176 cm³/mol. The summed E-state index contributed by atoms with van der Waals surface area (Å²) in [6.45, 7) is 4.90. The SMILES string of the molecule is CC(=O)Nc1cc(COC(=O)c2ccc(N=Cc3ccc(C(=O)OCc4cc(NC(C)=O)nc(NC(C)=O)c4)o3)cc2)cc(NC(C)=O)n1. The van der Waals surface area contributed by atoms with Crippen molar-refractivity contribution in [2.45, 2.75) is 40.9 Å². The zero-order chi connectivity index (χ0) is 35.5. The average molecular weight is 670 g/mol. The van der Waals surface area contributed by atoms with E-state index in [4.69, 9.17) is 13.9 Å². The van der Waals surface area contributed by atoms with Crippen LogP contribution < -0.4 is 21.3 Å². The first-order valence-corrected chi connectivity index (χ1v) is 14.5. The molecule has 252 valence electrons. The van der Waals surface area contributed by atoms with Gasteiger partial charge in [-0.2, -0.15) is 0 Å². The lowest BCUT2D eigenvalue weighted by Gasteiger charge is -2.10. The number of nitrogens with one attached hydrogen (secondary N) is 4. The molecule has 16 nitrogen and oxygen atoms in total. The number of pyridine rings is 2. The molecule has 4 N–H and O–H groups in total. The molecule has 0 spiro atoms. The fourth-order valence-corrected chi connectivity index (χ4v) is 4.12. The van der Waals surface area contributed by atoms with Gasteiger partial charge >= 0.3 is 11.9 Å². The minimum Gasteiger partial charge on any atom is -0.457 e. The van der Waals surface area contributed by atoms with E-state index < -0.39 is 11.9 Å². The number of rotatable bonds is 12. The Morgan fingerprint density at radius 3 is 1.49 bits per heavy atom. The van der Waals surface area contributed by atoms with E-state index in [-0.39, 0.29) is 77.2 Å². The topological polar surface area (TPSA) is 220 Å². The number of ether oxygens (including phenoxy) is 2. The number of aliphatic imine (C=N–C) groups is 1. The highest BCUT2D eigenvalue weighted by molar-refractivity contribution is 5.92. The van der Waals surface area contributed by atoms with Gasteiger partial charge in [0, 0.05) is 27.7 Å². The lowest BCUT2D eigenvalue weighted by molar-refractivity contribution is -0.115. The van der Waals surface area contributed by atoms with Gasteiger partial charge < -0.3 is 35.2 Å². The zero-order valence-electron chi connectivity index (χ0n) is 26.8. The van der Waals surface area contributed by atoms with Crippen LogP contribution >= 0.6 is 0 Å². The molecule has 16 heteroatoms. The van der Waals surface area contributed by atoms with Crippen molar-refractivity contribution in [1.29, 1.82) is 0 Å². The van der Waals surface area contributed by atoms with Gasteiger partial charge in [-0.25, -0.2) is 19.6 Å². The Labute approximate surface area is 279 Å². The van der Waals surface area contributed by atoms with Gasteiger partial charge in [-0.3, -0.25) is 24.2 Å². The molecule has 0 radical (unpaired) electrons. The Balaban J connectivity index is 1.33. The summed E-state index contributed by atoms with van der Waals surface area (Å²) < 4.78 is 16.2. The maximum Gasteiger partial charge on any atom is 0.374 e. The molecule has 1 aromatic carbocycles. The van der Waals surface area contributed by atoms with E-state index in [0.29, 0.717) is 16.8 Å². The number of aromatic nitrogens is 2. The molecule has 4 amide bonds. The number of esters is 2. The number of carbonyl (C=O) groups is 6. The first kappa shape index (κ1) is 35.1. The first-order valence-electron chi connectivity index (χ1n) is 14.5. The van der Waals surface area contributed by atoms with Gasteiger partial charge in [0.2, 0.25) is 29.4 Å². The summed E-state index contributed by atoms with van der Waals surface area (Å²) in [4.78, 5) is 83.6. The number of anilines is 4. The van der Waals surface area contributed by atoms with Crippen LogP contribution in [0.15, 0.2) is 70.1 Å². The number of furan rings is 1. The fourth-order valence-electron chi connectivity index (χ4n) is 4.12. The molecule has 0 fully saturated rings. The van der Waals surface area contributed by atoms with Crippen molar-refractivity contribution in [3.8, 4) is 0 Å². The quantitative estimate of drug-likeness (QED) is 0.123. The number of hydrogen-bond acceptors (Lipinski definition) is 12. The normalized spacial score (nSPS) is 10.6. The van der Waals surface area contributed by atoms with Crippen molar-refractivity contribution in [1.82, 2.24) is 9.97 Å². The van der Waals surface area contributed by atoms with Crippen molar-refractivity contribution < 1.29 is 42.7 Å². The van der Waals surface area contributed by atoms with Gasteiger partial charge in [0.05, 0.1) is 17.5 Å². The van der Waals surface area contributed by atoms with Crippen LogP contribution in [0.2, 0.25) is 0 Å². The van der Waals surface area contributed by atoms with Crippen LogP contribution in [0.3, 0.4) is 0 Å². The number of nitrogens with zero attached hydrogens (tertiary/aromatic N) is 3. The van der Waals surface area contributed by atoms with Gasteiger partial charge in [0.1, 0.15) is 42.2 Å². The number of carbonyl (C=O) groups excluding carboxylic acids is 6. The molecule has 4 rings (SSSR count). The van der Waals surface area contributed by atoms with Gasteiger partial charge in [0.25, 0.3) is 0 Å². The first-order chi connectivity index (χ1) is 23.3. The maximum absolute atomic E-state index is 12.7. The lowest BCUT2D eigenvalue weighted by atomic mass is 10.2. The van der Waals surface area contributed by atoms with E-state index in [9.17, 15) is 28.8 Å². The summed E-state index contributed by atoms with van der Waals surface area (Å²) in [6, 6.07) is 15.2. The van der Waals surface area contributed by atoms with Crippen molar-refractivity contribution in [3.05, 3.63) is 88.9 Å². The standard InChI is InChI=1S/C33H31N7O9/c1-18(41)35-28-11-22(12-29(39-28)36-19(2)42)16-47-32(45)24-5-7-25(8-6-24)34-15-26-9-10-27(49-26)33(46)48-17-23-13-30(37-20(3)43)40-31(14-23)38-21(4)44/h5-15H,16-17H2,1-4H3,(H2,35,36,39,41,42)(H2,37,38,40,43,44). The molecule has 0 saturated carbocycles. The summed E-state index contributed by atoms with van der Waals surface area (Å²) in [5.41, 5.74) is 1.68. The largest absolute Gasteiger partial charge is 0.457 e. The number of benzene rings is 1. The van der Waals surface area contributed by atoms with E-state index in [0.717, 1.165) is 0 Å². The molecule has 49 heavy (non-hydrogen) atoms. The molecule has 0 unspecified atom stereocenters. The highest BCUT2D eigenvalue weighted by Gasteiger charge is 2.15. The Bertz CT molecular complexity index is 1870. The molecule has 0 saturated heterocycles. The second-order valence-electron chi connectivity index (χ2n) is 10.4. The van der Waals surface area contributed by atoms with E-state index in [2.05, 4.69) is 36.2 Å². The third kappa shape index (κ3) is 11.2. The monoisotopic (exact) mass is 669 g/mol. The number of hydrogen-bond donors (Lipinski definition) is 4. The summed E-state index contributed by atoms with van der Waals surface area (Å²) in [7, 11) is 0. The van der Waals surface area contributed by atoms with Gasteiger partial charge in [-0.05, 0) is 71.8 Å². The molecular weight excluding hydrogens is 638 g/mol. The average Bonchev–Trinajstić information content (AvgIpc) is 3.49. The van der Waals surface area contributed by atoms with Gasteiger partial charge in [0.15, 0.2) is 0 Å². The molecule has 0 aliphatic heterocycles. The van der Waals surface area contributed by atoms with E-state index in [1.807, 2.05) is 0 Å². The molecule has 4 aromatic rings. The molecule has 0 bridgehead atoms. The Morgan fingerprint density at radius 1 is 0.633 bits per heavy atom. The van der Waals surface area contributed by atoms with E-state index >= 15 is 0 Å². The Morgan fingerprint density at radius 2 is 1.06 bits per heavy atom. The molecule has 3 aromatic heterocycles. The maximum atomic E-state index is 12.7. The minimum absolute atomic E-state index is 0.0830. The second kappa shape index (κ2) is 16.2. The van der Waals surface area contributed by atoms with Crippen molar-refractivity contribution in [2.75, 3.05) is 21.3 Å². The van der Waals surface area contributed by atoms with E-state index in [1.54, 1.807) is 12.1 Å². The summed E-state index contributed by atoms with van der Waals surface area (Å²) in [5.74, 6) is -1.92. The summed E-state index contributed by atoms with van der Waals surface area (Å²) in [5, 5.41) is 10.1. The lowest BCUT2D eigenvalue weighted by Crippen LogP contribution is -2.13. The fraction of sp³-hybridized carbons (Fsp3) is 0.182. The summed E-state index contributed by atoms with van der Waals surface area (Å²) >= 11 is 0. The molecule has 0 aliphatic rings. The third-order valence-corrected chi connectivity index (χ3v) is 6.00. The van der Waals surface area contributed by atoms with Crippen molar-refractivity contribution >= 4 is 70.7 Å². The van der Waals surface area contributed by atoms with Gasteiger partial charge in [-0.15, -0.1) is 0 Å². The third-order valence-electron chi connectivity index (χ3n) is 6.00. The van der Waals surface area contributed by atoms with Gasteiger partial charge in [-0.1, -0.05) is 0 Å². The van der Waals surface area contributed by atoms with Crippen LogP contribution in [0, 0.1) is 0 Å². The minimum atomic E-state index is -0.758. The van der Waals surface area contributed by atoms with Crippen molar-refractivity contribution in [2.24, 2.45) is 4.99 Å². The Kier molecular flexibility index (Phi) is 11.6. The molecule has 0 atom stereocenters. The van der Waals surface area contributed by atoms with E-state index in [1.165, 1.54) is 82.4 Å². The molecule has 0 aliphatic carbocycles. The Hall–Kier alpha value is -6.71. The predicted octanol–water partition coefficient (Wildman–Crippen LogP) is 4.37. The zero-order valence-corrected chi connectivity index (χ0v) is 26.8. The number of amides is 4. The van der Waals surface area contributed by atoms with Crippen LogP contribution in [-0.2, 0) is 41.9 Å². The van der Waals surface area contributed by atoms with Crippen LogP contribution in [0.25, 0.3) is 0 Å². The molecular formula is C33H31N7O9. The van der Waals surface area contributed by atoms with Crippen LogP contribution in [0.4, 0.5) is 29.0 Å². The smallest absolute Gasteiger partial charge is 0.374 e. The summed E-state index contributed by atoms with van der Waals surface area (Å²) in [6.07, 6.45) is 1.38. The second-order valence-corrected chi connectivity index (χ2v) is 10.4. The van der Waals surface area contributed by atoms with Crippen LogP contribution in [0.5, 0.6) is 0 Å².